The van der Waals surface area contributed by atoms with Gasteiger partial charge in [-0.1, -0.05) is 57.2 Å². The monoisotopic (exact) mass is 356 g/mol. The molecule has 140 valence electrons. The Morgan fingerprint density at radius 3 is 2.08 bits per heavy atom. The number of carbonyl (C=O) groups excluding carboxylic acids is 1. The van der Waals surface area contributed by atoms with Gasteiger partial charge < -0.3 is 10.6 Å². The number of aryl methyl sites for hydroxylation is 1. The zero-order chi connectivity index (χ0) is 19.1. The first-order valence-electron chi connectivity index (χ1n) is 9.27. The van der Waals surface area contributed by atoms with Gasteiger partial charge in [-0.3, -0.25) is 4.79 Å². The number of amides is 1. The van der Waals surface area contributed by atoms with E-state index in [1.54, 1.807) is 12.1 Å². The Morgan fingerprint density at radius 2 is 1.54 bits per heavy atom. The van der Waals surface area contributed by atoms with E-state index >= 15 is 0 Å². The van der Waals surface area contributed by atoms with Crippen LogP contribution < -0.4 is 10.6 Å². The van der Waals surface area contributed by atoms with Crippen LogP contribution in [-0.2, 0) is 11.2 Å². The molecule has 0 aliphatic heterocycles. The summed E-state index contributed by atoms with van der Waals surface area (Å²) in [6.45, 7) is 8.49. The lowest BCUT2D eigenvalue weighted by molar-refractivity contribution is -0.121. The fourth-order valence-corrected chi connectivity index (χ4v) is 3.03. The molecule has 1 amide bonds. The summed E-state index contributed by atoms with van der Waals surface area (Å²) in [4.78, 5) is 12.3. The molecule has 2 aromatic rings. The topological polar surface area (TPSA) is 41.1 Å². The highest BCUT2D eigenvalue weighted by Gasteiger charge is 2.17. The third-order valence-corrected chi connectivity index (χ3v) is 4.64. The van der Waals surface area contributed by atoms with E-state index in [2.05, 4.69) is 55.7 Å². The molecule has 0 spiro atoms. The summed E-state index contributed by atoms with van der Waals surface area (Å²) < 4.78 is 13.1. The third kappa shape index (κ3) is 5.67. The average molecular weight is 356 g/mol. The molecule has 2 aromatic carbocycles. The number of hydrogen-bond donors (Lipinski definition) is 2. The first-order chi connectivity index (χ1) is 12.4. The normalized spacial score (nSPS) is 13.5. The van der Waals surface area contributed by atoms with Gasteiger partial charge in [-0.05, 0) is 48.1 Å². The molecule has 2 rings (SSSR count). The van der Waals surface area contributed by atoms with Crippen LogP contribution >= 0.6 is 0 Å². The molecule has 26 heavy (non-hydrogen) atoms. The van der Waals surface area contributed by atoms with Crippen molar-refractivity contribution in [1.82, 2.24) is 10.6 Å². The summed E-state index contributed by atoms with van der Waals surface area (Å²) in [6.07, 6.45) is 1.00. The lowest BCUT2D eigenvalue weighted by Crippen LogP contribution is -2.38. The highest BCUT2D eigenvalue weighted by Crippen LogP contribution is 2.21. The molecule has 0 heterocycles. The lowest BCUT2D eigenvalue weighted by Gasteiger charge is -2.23. The number of halogens is 1. The second-order valence-electron chi connectivity index (χ2n) is 7.04. The average Bonchev–Trinajstić information content (AvgIpc) is 2.63. The Morgan fingerprint density at radius 1 is 0.962 bits per heavy atom. The fraction of sp³-hybridized carbons (Fsp3) is 0.409. The van der Waals surface area contributed by atoms with Crippen LogP contribution in [-0.4, -0.2) is 12.5 Å². The Labute approximate surface area is 156 Å². The molecule has 2 atom stereocenters. The third-order valence-electron chi connectivity index (χ3n) is 4.64. The van der Waals surface area contributed by atoms with E-state index in [9.17, 15) is 9.18 Å². The predicted molar refractivity (Wildman–Crippen MR) is 104 cm³/mol. The minimum absolute atomic E-state index is 0.000457. The van der Waals surface area contributed by atoms with Gasteiger partial charge in [0.1, 0.15) is 5.82 Å². The predicted octanol–water partition coefficient (Wildman–Crippen LogP) is 4.55. The van der Waals surface area contributed by atoms with Crippen molar-refractivity contribution in [2.45, 2.75) is 46.2 Å². The van der Waals surface area contributed by atoms with Gasteiger partial charge in [0.2, 0.25) is 5.91 Å². The largest absolute Gasteiger partial charge is 0.348 e. The standard InChI is InChI=1S/C22H29FN2O/c1-5-17-6-8-18(9-7-17)16(4)25-21(26)14-24-22(15(2)3)19-10-12-20(23)13-11-19/h6-13,15-16,22,24H,5,14H2,1-4H3,(H,25,26). The highest BCUT2D eigenvalue weighted by atomic mass is 19.1. The molecule has 0 fully saturated rings. The van der Waals surface area contributed by atoms with Gasteiger partial charge in [0.15, 0.2) is 0 Å². The van der Waals surface area contributed by atoms with E-state index in [1.165, 1.54) is 17.7 Å². The van der Waals surface area contributed by atoms with E-state index in [0.717, 1.165) is 17.5 Å². The van der Waals surface area contributed by atoms with Crippen molar-refractivity contribution in [2.75, 3.05) is 6.54 Å². The number of nitrogens with one attached hydrogen (secondary N) is 2. The molecule has 0 aliphatic carbocycles. The van der Waals surface area contributed by atoms with Crippen molar-refractivity contribution in [1.29, 1.82) is 0 Å². The fourth-order valence-electron chi connectivity index (χ4n) is 3.03. The van der Waals surface area contributed by atoms with Gasteiger partial charge in [0.25, 0.3) is 0 Å². The summed E-state index contributed by atoms with van der Waals surface area (Å²) in [5.41, 5.74) is 3.36. The van der Waals surface area contributed by atoms with E-state index in [-0.39, 0.29) is 36.3 Å². The molecular formula is C22H29FN2O. The van der Waals surface area contributed by atoms with Crippen LogP contribution in [0.5, 0.6) is 0 Å². The van der Waals surface area contributed by atoms with Gasteiger partial charge in [-0.15, -0.1) is 0 Å². The lowest BCUT2D eigenvalue weighted by atomic mass is 9.96. The number of carbonyl (C=O) groups is 1. The van der Waals surface area contributed by atoms with Crippen LogP contribution in [0, 0.1) is 11.7 Å². The molecule has 0 saturated heterocycles. The van der Waals surface area contributed by atoms with Gasteiger partial charge in [0.05, 0.1) is 12.6 Å². The van der Waals surface area contributed by atoms with E-state index in [4.69, 9.17) is 0 Å². The minimum atomic E-state index is -0.253. The SMILES string of the molecule is CCc1ccc(C(C)NC(=O)CNC(c2ccc(F)cc2)C(C)C)cc1. The highest BCUT2D eigenvalue weighted by molar-refractivity contribution is 5.78. The second kappa shape index (κ2) is 9.48. The van der Waals surface area contributed by atoms with Crippen LogP contribution in [0.4, 0.5) is 4.39 Å². The number of rotatable bonds is 8. The first-order valence-corrected chi connectivity index (χ1v) is 9.27. The molecule has 0 aliphatic rings. The molecular weight excluding hydrogens is 327 g/mol. The Hall–Kier alpha value is -2.20. The Kier molecular flexibility index (Phi) is 7.34. The maximum Gasteiger partial charge on any atom is 0.234 e. The van der Waals surface area contributed by atoms with Crippen LogP contribution in [0.25, 0.3) is 0 Å². The summed E-state index contributed by atoms with van der Waals surface area (Å²) in [5, 5.41) is 6.32. The van der Waals surface area contributed by atoms with Crippen LogP contribution in [0.2, 0.25) is 0 Å². The molecule has 2 unspecified atom stereocenters. The van der Waals surface area contributed by atoms with Crippen molar-refractivity contribution < 1.29 is 9.18 Å². The number of benzene rings is 2. The van der Waals surface area contributed by atoms with E-state index in [1.807, 2.05) is 6.92 Å². The van der Waals surface area contributed by atoms with Gasteiger partial charge in [0, 0.05) is 6.04 Å². The van der Waals surface area contributed by atoms with Crippen molar-refractivity contribution in [3.05, 3.63) is 71.0 Å². The van der Waals surface area contributed by atoms with Gasteiger partial charge in [-0.25, -0.2) is 4.39 Å². The summed E-state index contributed by atoms with van der Waals surface area (Å²) >= 11 is 0. The van der Waals surface area contributed by atoms with Crippen LogP contribution in [0.15, 0.2) is 48.5 Å². The van der Waals surface area contributed by atoms with Crippen LogP contribution in [0.1, 0.15) is 56.5 Å². The molecule has 0 bridgehead atoms. The number of hydrogen-bond acceptors (Lipinski definition) is 2. The smallest absolute Gasteiger partial charge is 0.234 e. The maximum absolute atomic E-state index is 13.1. The van der Waals surface area contributed by atoms with Gasteiger partial charge >= 0.3 is 0 Å². The molecule has 0 saturated carbocycles. The van der Waals surface area contributed by atoms with Crippen LogP contribution in [0.3, 0.4) is 0 Å². The van der Waals surface area contributed by atoms with Crippen molar-refractivity contribution in [2.24, 2.45) is 5.92 Å². The maximum atomic E-state index is 13.1. The summed E-state index contributed by atoms with van der Waals surface area (Å²) in [5.74, 6) is -0.0194. The van der Waals surface area contributed by atoms with Crippen molar-refractivity contribution >= 4 is 5.91 Å². The van der Waals surface area contributed by atoms with Crippen molar-refractivity contribution in [3.63, 3.8) is 0 Å². The quantitative estimate of drug-likeness (QED) is 0.728. The Balaban J connectivity index is 1.91. The zero-order valence-electron chi connectivity index (χ0n) is 16.1. The first kappa shape index (κ1) is 20.1. The summed E-state index contributed by atoms with van der Waals surface area (Å²) in [7, 11) is 0. The molecule has 0 aromatic heterocycles. The Bertz CT molecular complexity index is 695. The molecule has 2 N–H and O–H groups in total. The second-order valence-corrected chi connectivity index (χ2v) is 7.04. The zero-order valence-corrected chi connectivity index (χ0v) is 16.1. The molecule has 0 radical (unpaired) electrons. The summed E-state index contributed by atoms with van der Waals surface area (Å²) in [6, 6.07) is 14.7. The van der Waals surface area contributed by atoms with Crippen molar-refractivity contribution in [3.8, 4) is 0 Å². The minimum Gasteiger partial charge on any atom is -0.348 e. The van der Waals surface area contributed by atoms with E-state index in [0.29, 0.717) is 0 Å². The molecule has 3 nitrogen and oxygen atoms in total. The molecule has 4 heteroatoms. The van der Waals surface area contributed by atoms with E-state index < -0.39 is 0 Å². The van der Waals surface area contributed by atoms with Gasteiger partial charge in [-0.2, -0.15) is 0 Å².